The van der Waals surface area contributed by atoms with Crippen LogP contribution in [0, 0.1) is 0 Å². The van der Waals surface area contributed by atoms with Crippen LogP contribution in [0.15, 0.2) is 182 Å². The molecule has 74 heavy (non-hydrogen) atoms. The first kappa shape index (κ1) is 69.0. The fourth-order valence-electron chi connectivity index (χ4n) is 7.37. The van der Waals surface area contributed by atoms with E-state index in [0.29, 0.717) is 12.8 Å². The van der Waals surface area contributed by atoms with Crippen LogP contribution in [-0.2, 0) is 19.1 Å². The molecule has 0 aromatic carbocycles. The van der Waals surface area contributed by atoms with Gasteiger partial charge in [0.05, 0.1) is 6.61 Å². The van der Waals surface area contributed by atoms with Crippen LogP contribution in [0.2, 0.25) is 0 Å². The van der Waals surface area contributed by atoms with E-state index in [0.717, 1.165) is 135 Å². The summed E-state index contributed by atoms with van der Waals surface area (Å²) < 4.78 is 10.7. The molecule has 0 aliphatic carbocycles. The number of aliphatic hydroxyl groups is 1. The van der Waals surface area contributed by atoms with E-state index in [2.05, 4.69) is 196 Å². The fourth-order valence-corrected chi connectivity index (χ4v) is 7.37. The van der Waals surface area contributed by atoms with E-state index < -0.39 is 6.10 Å². The first-order valence-corrected chi connectivity index (χ1v) is 29.3. The summed E-state index contributed by atoms with van der Waals surface area (Å²) in [6.45, 7) is 3.86. The first-order chi connectivity index (χ1) is 36.6. The molecule has 0 rings (SSSR count). The second-order valence-electron chi connectivity index (χ2n) is 18.6. The molecule has 0 bridgehead atoms. The summed E-state index contributed by atoms with van der Waals surface area (Å²) in [7, 11) is 0. The number of esters is 2. The number of ether oxygens (including phenoxy) is 2. The monoisotopic (exact) mass is 1010 g/mol. The lowest BCUT2D eigenvalue weighted by Crippen LogP contribution is -2.28. The molecule has 0 spiro atoms. The maximum atomic E-state index is 12.3. The molecule has 0 fully saturated rings. The Hall–Kier alpha value is -5.00. The first-order valence-electron chi connectivity index (χ1n) is 29.3. The molecule has 0 heterocycles. The normalized spacial score (nSPS) is 13.6. The highest BCUT2D eigenvalue weighted by molar-refractivity contribution is 5.70. The average Bonchev–Trinajstić information content (AvgIpc) is 3.40. The highest BCUT2D eigenvalue weighted by Gasteiger charge is 2.16. The van der Waals surface area contributed by atoms with Crippen molar-refractivity contribution in [1.82, 2.24) is 0 Å². The van der Waals surface area contributed by atoms with E-state index in [9.17, 15) is 14.7 Å². The largest absolute Gasteiger partial charge is 0.462 e. The van der Waals surface area contributed by atoms with Crippen LogP contribution in [0.1, 0.15) is 219 Å². The highest BCUT2D eigenvalue weighted by Crippen LogP contribution is 2.14. The highest BCUT2D eigenvalue weighted by atomic mass is 16.6. The van der Waals surface area contributed by atoms with Crippen LogP contribution in [0.5, 0.6) is 0 Å². The van der Waals surface area contributed by atoms with Crippen molar-refractivity contribution in [3.63, 3.8) is 0 Å². The van der Waals surface area contributed by atoms with E-state index in [-0.39, 0.29) is 25.2 Å². The molecule has 0 radical (unpaired) electrons. The number of carbonyl (C=O) groups is 2. The van der Waals surface area contributed by atoms with Gasteiger partial charge in [-0.25, -0.2) is 0 Å². The lowest BCUT2D eigenvalue weighted by molar-refractivity contribution is -0.161. The van der Waals surface area contributed by atoms with Gasteiger partial charge < -0.3 is 14.6 Å². The van der Waals surface area contributed by atoms with Crippen LogP contribution in [0.3, 0.4) is 0 Å². The Morgan fingerprint density at radius 2 is 0.541 bits per heavy atom. The minimum Gasteiger partial charge on any atom is -0.462 e. The molecule has 5 heteroatoms. The van der Waals surface area contributed by atoms with Gasteiger partial charge in [0.2, 0.25) is 0 Å². The molecule has 0 aromatic heterocycles. The SMILES string of the molecule is CC/C=C\C/C=C\C/C=C\C/C=C\C/C=C\C/C=C\C/C=C\C/C=C\C/C=C\CCCCCCCCCCCCCC(=O)OC(CO)COC(=O)CCCC/C=C\C/C=C\C/C=C\C/C=C\C/C=C\C/C=C\CC. The third kappa shape index (κ3) is 59.6. The van der Waals surface area contributed by atoms with Crippen molar-refractivity contribution in [2.24, 2.45) is 0 Å². The Morgan fingerprint density at radius 1 is 0.311 bits per heavy atom. The van der Waals surface area contributed by atoms with E-state index in [1.54, 1.807) is 0 Å². The lowest BCUT2D eigenvalue weighted by Gasteiger charge is -2.15. The molecular weight excluding hydrogens is 909 g/mol. The number of aliphatic hydroxyl groups excluding tert-OH is 1. The van der Waals surface area contributed by atoms with Crippen molar-refractivity contribution in [1.29, 1.82) is 0 Å². The van der Waals surface area contributed by atoms with Crippen molar-refractivity contribution >= 4 is 11.9 Å². The molecular formula is C69H106O5. The van der Waals surface area contributed by atoms with Gasteiger partial charge in [-0.3, -0.25) is 9.59 Å². The van der Waals surface area contributed by atoms with Crippen LogP contribution in [-0.4, -0.2) is 36.4 Å². The second kappa shape index (κ2) is 62.3. The summed E-state index contributed by atoms with van der Waals surface area (Å²) in [6, 6.07) is 0. The molecule has 0 aliphatic rings. The number of allylic oxidation sites excluding steroid dienone is 30. The summed E-state index contributed by atoms with van der Waals surface area (Å²) in [4.78, 5) is 24.5. The molecule has 0 aromatic rings. The van der Waals surface area contributed by atoms with Gasteiger partial charge in [-0.05, 0) is 135 Å². The minimum atomic E-state index is -0.807. The molecule has 0 amide bonds. The molecule has 0 saturated carbocycles. The number of rotatable bonds is 51. The predicted molar refractivity (Wildman–Crippen MR) is 324 cm³/mol. The minimum absolute atomic E-state index is 0.101. The Balaban J connectivity index is 3.63. The van der Waals surface area contributed by atoms with Crippen LogP contribution >= 0.6 is 0 Å². The Morgan fingerprint density at radius 3 is 0.838 bits per heavy atom. The number of carbonyl (C=O) groups excluding carboxylic acids is 2. The maximum Gasteiger partial charge on any atom is 0.306 e. The Labute approximate surface area is 455 Å². The van der Waals surface area contributed by atoms with E-state index >= 15 is 0 Å². The van der Waals surface area contributed by atoms with Gasteiger partial charge in [-0.15, -0.1) is 0 Å². The van der Waals surface area contributed by atoms with Crippen LogP contribution in [0.25, 0.3) is 0 Å². The zero-order valence-electron chi connectivity index (χ0n) is 47.0. The Bertz CT molecular complexity index is 1720. The van der Waals surface area contributed by atoms with Crippen LogP contribution in [0.4, 0.5) is 0 Å². The smallest absolute Gasteiger partial charge is 0.306 e. The van der Waals surface area contributed by atoms with Gasteiger partial charge in [0.25, 0.3) is 0 Å². The van der Waals surface area contributed by atoms with Gasteiger partial charge >= 0.3 is 11.9 Å². The third-order valence-corrected chi connectivity index (χ3v) is 11.7. The zero-order valence-corrected chi connectivity index (χ0v) is 47.0. The summed E-state index contributed by atoms with van der Waals surface area (Å²) in [5.74, 6) is -0.658. The van der Waals surface area contributed by atoms with Gasteiger partial charge in [-0.2, -0.15) is 0 Å². The van der Waals surface area contributed by atoms with Crippen molar-refractivity contribution in [3.8, 4) is 0 Å². The van der Waals surface area contributed by atoms with Crippen molar-refractivity contribution in [3.05, 3.63) is 182 Å². The van der Waals surface area contributed by atoms with Crippen molar-refractivity contribution < 1.29 is 24.2 Å². The third-order valence-electron chi connectivity index (χ3n) is 11.7. The molecule has 5 nitrogen and oxygen atoms in total. The summed E-state index contributed by atoms with van der Waals surface area (Å²) >= 11 is 0. The summed E-state index contributed by atoms with van der Waals surface area (Å²) in [5, 5.41) is 9.65. The summed E-state index contributed by atoms with van der Waals surface area (Å²) in [6.07, 6.45) is 98.6. The van der Waals surface area contributed by atoms with Gasteiger partial charge in [0.15, 0.2) is 6.10 Å². The molecule has 0 aliphatic heterocycles. The summed E-state index contributed by atoms with van der Waals surface area (Å²) in [5.41, 5.74) is 0. The predicted octanol–water partition coefficient (Wildman–Crippen LogP) is 20.3. The maximum absolute atomic E-state index is 12.3. The average molecular weight is 1020 g/mol. The standard InChI is InChI=1S/C69H106O5/c1-3-5-7-9-11-13-15-17-19-21-23-25-26-27-28-29-30-31-32-33-34-35-36-37-38-39-40-41-42-44-46-48-50-52-54-56-58-60-62-64-69(72)74-67(65-70)66-73-68(71)63-61-59-57-55-53-51-49-47-45-43-24-22-20-18-16-14-12-10-8-6-4-2/h5-8,11-14,17-20,23-25,27-28,30-31,33-34,36-37,39-40,43,47,49,53,55,67,70H,3-4,9-10,15-16,21-22,26,29,32,35,38,41-42,44-46,48,50-52,54,56-66H2,1-2H3/b7-5-,8-6-,13-11-,14-12-,19-17-,20-18-,25-23-,28-27-,31-30-,34-33-,37-36-,40-39-,43-24-,49-47-,55-53-. The van der Waals surface area contributed by atoms with Crippen LogP contribution < -0.4 is 0 Å². The number of hydrogen-bond donors (Lipinski definition) is 1. The Kier molecular flexibility index (Phi) is 58.1. The lowest BCUT2D eigenvalue weighted by atomic mass is 10.0. The fraction of sp³-hybridized carbons (Fsp3) is 0.536. The second-order valence-corrected chi connectivity index (χ2v) is 18.6. The number of hydrogen-bond acceptors (Lipinski definition) is 5. The molecule has 1 atom stereocenters. The van der Waals surface area contributed by atoms with Gasteiger partial charge in [-0.1, -0.05) is 254 Å². The van der Waals surface area contributed by atoms with Crippen molar-refractivity contribution in [2.45, 2.75) is 225 Å². The number of unbranched alkanes of at least 4 members (excludes halogenated alkanes) is 13. The molecule has 412 valence electrons. The van der Waals surface area contributed by atoms with E-state index in [4.69, 9.17) is 9.47 Å². The van der Waals surface area contributed by atoms with E-state index in [1.807, 2.05) is 0 Å². The molecule has 1 unspecified atom stereocenters. The van der Waals surface area contributed by atoms with Gasteiger partial charge in [0, 0.05) is 12.8 Å². The quantitative estimate of drug-likeness (QED) is 0.0373. The zero-order chi connectivity index (χ0) is 53.4. The molecule has 1 N–H and O–H groups in total. The van der Waals surface area contributed by atoms with Gasteiger partial charge in [0.1, 0.15) is 6.61 Å². The topological polar surface area (TPSA) is 72.8 Å². The van der Waals surface area contributed by atoms with Crippen molar-refractivity contribution in [2.75, 3.05) is 13.2 Å². The van der Waals surface area contributed by atoms with E-state index in [1.165, 1.54) is 57.8 Å². The molecule has 0 saturated heterocycles.